The van der Waals surface area contributed by atoms with Crippen molar-refractivity contribution in [1.82, 2.24) is 8.96 Å². The molecule has 2 unspecified atom stereocenters. The monoisotopic (exact) mass is 344 g/mol. The van der Waals surface area contributed by atoms with Crippen LogP contribution in [0.1, 0.15) is 33.1 Å². The first kappa shape index (κ1) is 16.1. The van der Waals surface area contributed by atoms with Gasteiger partial charge in [0.05, 0.1) is 17.4 Å². The Bertz CT molecular complexity index is 914. The summed E-state index contributed by atoms with van der Waals surface area (Å²) < 4.78 is 38.8. The number of rotatable bonds is 3. The van der Waals surface area contributed by atoms with Gasteiger partial charge in [0, 0.05) is 6.42 Å². The van der Waals surface area contributed by atoms with Gasteiger partial charge in [0.1, 0.15) is 5.78 Å². The average molecular weight is 344 g/mol. The average Bonchev–Trinajstić information content (AvgIpc) is 2.76. The fourth-order valence-corrected chi connectivity index (χ4v) is 6.12. The Morgan fingerprint density at radius 2 is 2.00 bits per heavy atom. The second kappa shape index (κ2) is 4.62. The summed E-state index contributed by atoms with van der Waals surface area (Å²) in [4.78, 5) is 36.8. The second-order valence-electron chi connectivity index (χ2n) is 6.96. The molecular formula is C14H17FN2O5S. The highest BCUT2D eigenvalue weighted by atomic mass is 32.2. The molecule has 1 heterocycles. The molecule has 7 nitrogen and oxygen atoms in total. The molecule has 0 spiro atoms. The van der Waals surface area contributed by atoms with E-state index in [-0.39, 0.29) is 15.7 Å². The lowest BCUT2D eigenvalue weighted by molar-refractivity contribution is -0.128. The van der Waals surface area contributed by atoms with Crippen molar-refractivity contribution in [1.29, 1.82) is 0 Å². The van der Waals surface area contributed by atoms with Crippen LogP contribution in [0.3, 0.4) is 0 Å². The summed E-state index contributed by atoms with van der Waals surface area (Å²) in [7, 11) is -4.29. The molecule has 2 atom stereocenters. The maximum atomic E-state index is 13.4. The predicted molar refractivity (Wildman–Crippen MR) is 79.0 cm³/mol. The zero-order valence-corrected chi connectivity index (χ0v) is 13.6. The van der Waals surface area contributed by atoms with E-state index in [1.54, 1.807) is 4.98 Å². The van der Waals surface area contributed by atoms with E-state index >= 15 is 0 Å². The molecule has 1 N–H and O–H groups in total. The first-order chi connectivity index (χ1) is 10.5. The lowest BCUT2D eigenvalue weighted by Crippen LogP contribution is -2.46. The number of nitrogens with zero attached hydrogens (tertiary/aromatic N) is 1. The van der Waals surface area contributed by atoms with Crippen molar-refractivity contribution in [2.24, 2.45) is 16.7 Å². The quantitative estimate of drug-likeness (QED) is 0.846. The SMILES string of the molecule is CC1(C)C2CCC1(CS(=O)(=O)n1cc(F)c(=O)[nH]c1=O)C(=O)C2. The van der Waals surface area contributed by atoms with Gasteiger partial charge in [-0.2, -0.15) is 8.36 Å². The molecule has 2 fully saturated rings. The number of nitrogens with one attached hydrogen (secondary N) is 1. The normalized spacial score (nSPS) is 29.2. The number of carbonyl (C=O) groups excluding carboxylic acids is 1. The smallest absolute Gasteiger partial charge is 0.299 e. The molecule has 0 amide bonds. The minimum atomic E-state index is -4.29. The maximum Gasteiger partial charge on any atom is 0.342 e. The van der Waals surface area contributed by atoms with Crippen molar-refractivity contribution >= 4 is 15.8 Å². The maximum absolute atomic E-state index is 13.4. The molecule has 3 rings (SSSR count). The van der Waals surface area contributed by atoms with Gasteiger partial charge in [-0.05, 0) is 24.2 Å². The van der Waals surface area contributed by atoms with Crippen LogP contribution < -0.4 is 11.2 Å². The fraction of sp³-hybridized carbons (Fsp3) is 0.643. The molecule has 2 bridgehead atoms. The minimum Gasteiger partial charge on any atom is -0.299 e. The van der Waals surface area contributed by atoms with E-state index in [1.165, 1.54) is 0 Å². The third-order valence-corrected chi connectivity index (χ3v) is 7.46. The van der Waals surface area contributed by atoms with E-state index in [4.69, 9.17) is 0 Å². The molecule has 2 aliphatic rings. The molecule has 1 aromatic rings. The Labute approximate surface area is 131 Å². The van der Waals surface area contributed by atoms with Crippen LogP contribution in [0.15, 0.2) is 15.8 Å². The Morgan fingerprint density at radius 3 is 2.52 bits per heavy atom. The number of fused-ring (bicyclic) bond motifs is 2. The molecule has 1 aromatic heterocycles. The minimum absolute atomic E-state index is 0.120. The van der Waals surface area contributed by atoms with E-state index in [9.17, 15) is 27.2 Å². The zero-order chi connectivity index (χ0) is 17.2. The number of aromatic amines is 1. The molecule has 0 radical (unpaired) electrons. The molecular weight excluding hydrogens is 327 g/mol. The van der Waals surface area contributed by atoms with Gasteiger partial charge in [-0.1, -0.05) is 13.8 Å². The topological polar surface area (TPSA) is 106 Å². The van der Waals surface area contributed by atoms with Crippen LogP contribution in [-0.4, -0.2) is 28.9 Å². The lowest BCUT2D eigenvalue weighted by atomic mass is 9.70. The van der Waals surface area contributed by atoms with Gasteiger partial charge in [-0.15, -0.1) is 0 Å². The molecule has 2 aliphatic carbocycles. The van der Waals surface area contributed by atoms with Crippen molar-refractivity contribution in [3.05, 3.63) is 32.9 Å². The summed E-state index contributed by atoms with van der Waals surface area (Å²) in [5.74, 6) is -1.94. The van der Waals surface area contributed by atoms with Crippen molar-refractivity contribution in [2.75, 3.05) is 5.75 Å². The molecule has 9 heteroatoms. The molecule has 23 heavy (non-hydrogen) atoms. The van der Waals surface area contributed by atoms with Crippen molar-refractivity contribution in [3.63, 3.8) is 0 Å². The van der Waals surface area contributed by atoms with Gasteiger partial charge in [-0.3, -0.25) is 14.6 Å². The van der Waals surface area contributed by atoms with Crippen LogP contribution >= 0.6 is 0 Å². The number of hydrogen-bond donors (Lipinski definition) is 1. The predicted octanol–water partition coefficient (Wildman–Crippen LogP) is 0.249. The van der Waals surface area contributed by atoms with Crippen LogP contribution in [0.2, 0.25) is 0 Å². The van der Waals surface area contributed by atoms with E-state index in [0.717, 1.165) is 6.42 Å². The van der Waals surface area contributed by atoms with Crippen LogP contribution in [0.4, 0.5) is 4.39 Å². The zero-order valence-electron chi connectivity index (χ0n) is 12.8. The molecule has 126 valence electrons. The summed E-state index contributed by atoms with van der Waals surface area (Å²) in [6, 6.07) is 0. The molecule has 0 aromatic carbocycles. The summed E-state index contributed by atoms with van der Waals surface area (Å²) in [6.45, 7) is 3.72. The fourth-order valence-electron chi connectivity index (χ4n) is 4.13. The lowest BCUT2D eigenvalue weighted by Gasteiger charge is -2.36. The number of carbonyl (C=O) groups is 1. The van der Waals surface area contributed by atoms with E-state index in [0.29, 0.717) is 19.0 Å². The summed E-state index contributed by atoms with van der Waals surface area (Å²) >= 11 is 0. The highest BCUT2D eigenvalue weighted by Crippen LogP contribution is 2.64. The van der Waals surface area contributed by atoms with Gasteiger partial charge >= 0.3 is 5.69 Å². The van der Waals surface area contributed by atoms with Gasteiger partial charge in [0.15, 0.2) is 0 Å². The van der Waals surface area contributed by atoms with Crippen molar-refractivity contribution in [2.45, 2.75) is 33.1 Å². The molecule has 0 saturated heterocycles. The highest BCUT2D eigenvalue weighted by Gasteiger charge is 2.65. The first-order valence-corrected chi connectivity index (χ1v) is 8.90. The summed E-state index contributed by atoms with van der Waals surface area (Å²) in [6.07, 6.45) is 1.88. The van der Waals surface area contributed by atoms with Crippen molar-refractivity contribution in [3.8, 4) is 0 Å². The first-order valence-electron chi connectivity index (χ1n) is 7.29. The molecule has 2 saturated carbocycles. The van der Waals surface area contributed by atoms with Crippen molar-refractivity contribution < 1.29 is 17.6 Å². The largest absolute Gasteiger partial charge is 0.342 e. The third kappa shape index (κ3) is 2.05. The van der Waals surface area contributed by atoms with Crippen LogP contribution in [0.25, 0.3) is 0 Å². The molecule has 0 aliphatic heterocycles. The van der Waals surface area contributed by atoms with E-state index in [1.807, 2.05) is 13.8 Å². The Balaban J connectivity index is 2.09. The number of halogens is 1. The number of Topliss-reactive ketones (excluding diaryl/α,β-unsaturated/α-hetero) is 1. The summed E-state index contributed by atoms with van der Waals surface area (Å²) in [5.41, 5.74) is -4.08. The third-order valence-electron chi connectivity index (χ3n) is 5.74. The van der Waals surface area contributed by atoms with Crippen LogP contribution in [-0.2, 0) is 14.8 Å². The Morgan fingerprint density at radius 1 is 1.35 bits per heavy atom. The highest BCUT2D eigenvalue weighted by molar-refractivity contribution is 7.89. The van der Waals surface area contributed by atoms with Gasteiger partial charge < -0.3 is 0 Å². The second-order valence-corrected chi connectivity index (χ2v) is 8.80. The number of H-pyrrole nitrogens is 1. The van der Waals surface area contributed by atoms with Gasteiger partial charge in [0.25, 0.3) is 5.56 Å². The van der Waals surface area contributed by atoms with E-state index in [2.05, 4.69) is 0 Å². The Kier molecular flexibility index (Phi) is 3.24. The van der Waals surface area contributed by atoms with Crippen LogP contribution in [0.5, 0.6) is 0 Å². The van der Waals surface area contributed by atoms with Gasteiger partial charge in [0.2, 0.25) is 15.8 Å². The summed E-state index contributed by atoms with van der Waals surface area (Å²) in [5, 5.41) is 0. The van der Waals surface area contributed by atoms with Crippen LogP contribution in [0, 0.1) is 22.6 Å². The number of aromatic nitrogens is 2. The standard InChI is InChI=1S/C14H17FN2O5S/c1-13(2)8-3-4-14(13,10(18)5-8)7-23(21,22)17-6-9(15)11(19)16-12(17)20/h6,8H,3-5,7H2,1-2H3,(H,16,19,20). The number of ketones is 1. The Hall–Kier alpha value is -1.77. The number of hydrogen-bond acceptors (Lipinski definition) is 5. The van der Waals surface area contributed by atoms with Gasteiger partial charge in [-0.25, -0.2) is 13.2 Å². The van der Waals surface area contributed by atoms with E-state index < -0.39 is 43.7 Å².